The third-order valence-electron chi connectivity index (χ3n) is 4.48. The lowest BCUT2D eigenvalue weighted by molar-refractivity contribution is 0.315. The highest BCUT2D eigenvalue weighted by molar-refractivity contribution is 7.89. The summed E-state index contributed by atoms with van der Waals surface area (Å²) in [5.41, 5.74) is 0.951. The molecule has 0 unspecified atom stereocenters. The van der Waals surface area contributed by atoms with Crippen molar-refractivity contribution in [3.8, 4) is 0 Å². The Morgan fingerprint density at radius 2 is 2.00 bits per heavy atom. The van der Waals surface area contributed by atoms with Gasteiger partial charge in [-0.2, -0.15) is 4.31 Å². The van der Waals surface area contributed by atoms with Crippen LogP contribution in [0.4, 0.5) is 4.39 Å². The second-order valence-corrected chi connectivity index (χ2v) is 9.18. The molecule has 1 saturated heterocycles. The molecule has 7 heteroatoms. The van der Waals surface area contributed by atoms with Gasteiger partial charge in [0.1, 0.15) is 5.82 Å². The minimum absolute atomic E-state index is 0.0115. The zero-order valence-electron chi connectivity index (χ0n) is 13.4. The number of para-hydroxylation sites is 1. The van der Waals surface area contributed by atoms with E-state index in [1.54, 1.807) is 11.3 Å². The average Bonchev–Trinajstić information content (AvgIpc) is 3.06. The molecule has 2 aromatic carbocycles. The predicted molar refractivity (Wildman–Crippen MR) is 96.8 cm³/mol. The molecule has 1 aromatic heterocycles. The molecule has 130 valence electrons. The third kappa shape index (κ3) is 3.19. The first-order chi connectivity index (χ1) is 12.0. The van der Waals surface area contributed by atoms with Gasteiger partial charge in [0.05, 0.1) is 20.1 Å². The van der Waals surface area contributed by atoms with E-state index in [0.29, 0.717) is 13.1 Å². The molecule has 1 aliphatic rings. The highest BCUT2D eigenvalue weighted by Gasteiger charge is 2.32. The second-order valence-electron chi connectivity index (χ2n) is 6.18. The molecule has 3 aromatic rings. The van der Waals surface area contributed by atoms with Crippen LogP contribution in [0.25, 0.3) is 10.2 Å². The smallest absolute Gasteiger partial charge is 0.241 e. The van der Waals surface area contributed by atoms with E-state index < -0.39 is 15.8 Å². The molecule has 0 bridgehead atoms. The van der Waals surface area contributed by atoms with Crippen molar-refractivity contribution in [1.29, 1.82) is 0 Å². The Labute approximate surface area is 150 Å². The summed E-state index contributed by atoms with van der Waals surface area (Å²) >= 11 is 1.62. The van der Waals surface area contributed by atoms with Crippen LogP contribution in [0.15, 0.2) is 53.4 Å². The maximum Gasteiger partial charge on any atom is 0.243 e. The van der Waals surface area contributed by atoms with Crippen LogP contribution in [0, 0.1) is 5.82 Å². The lowest BCUT2D eigenvalue weighted by Crippen LogP contribution is -2.39. The number of halogens is 1. The maximum absolute atomic E-state index is 13.4. The summed E-state index contributed by atoms with van der Waals surface area (Å²) in [6.07, 6.45) is 1.68. The van der Waals surface area contributed by atoms with E-state index in [1.807, 2.05) is 24.3 Å². The fourth-order valence-electron chi connectivity index (χ4n) is 3.20. The van der Waals surface area contributed by atoms with Crippen molar-refractivity contribution in [2.45, 2.75) is 23.7 Å². The predicted octanol–water partition coefficient (Wildman–Crippen LogP) is 4.00. The largest absolute Gasteiger partial charge is 0.243 e. The molecule has 1 fully saturated rings. The van der Waals surface area contributed by atoms with Crippen LogP contribution < -0.4 is 0 Å². The average molecular weight is 376 g/mol. The zero-order valence-corrected chi connectivity index (χ0v) is 15.1. The number of hydrogen-bond acceptors (Lipinski definition) is 4. The minimum Gasteiger partial charge on any atom is -0.241 e. The Kier molecular flexibility index (Phi) is 4.31. The molecule has 2 heterocycles. The lowest BCUT2D eigenvalue weighted by Gasteiger charge is -2.31. The summed E-state index contributed by atoms with van der Waals surface area (Å²) in [5, 5.41) is 0.973. The number of sulfonamides is 1. The molecule has 0 amide bonds. The fourth-order valence-corrected chi connectivity index (χ4v) is 5.85. The van der Waals surface area contributed by atoms with Gasteiger partial charge in [-0.25, -0.2) is 17.8 Å². The quantitative estimate of drug-likeness (QED) is 0.694. The normalized spacial score (nSPS) is 19.3. The summed E-state index contributed by atoms with van der Waals surface area (Å²) in [7, 11) is -3.69. The van der Waals surface area contributed by atoms with Crippen molar-refractivity contribution in [1.82, 2.24) is 9.29 Å². The molecule has 0 N–H and O–H groups in total. The Morgan fingerprint density at radius 3 is 2.80 bits per heavy atom. The summed E-state index contributed by atoms with van der Waals surface area (Å²) in [6.45, 7) is 0.846. The van der Waals surface area contributed by atoms with Crippen molar-refractivity contribution in [2.24, 2.45) is 0 Å². The number of rotatable bonds is 3. The van der Waals surface area contributed by atoms with Gasteiger partial charge in [0.25, 0.3) is 0 Å². The first-order valence-electron chi connectivity index (χ1n) is 8.15. The Morgan fingerprint density at radius 1 is 1.16 bits per heavy atom. The van der Waals surface area contributed by atoms with Crippen LogP contribution in [0.3, 0.4) is 0 Å². The highest BCUT2D eigenvalue weighted by atomic mass is 32.2. The van der Waals surface area contributed by atoms with Gasteiger partial charge >= 0.3 is 0 Å². The molecular formula is C18H17FN2O2S2. The SMILES string of the molecule is O=S(=O)(c1cccc(F)c1)N1CCC[C@H](c2nc3ccccc3s2)C1. The molecule has 0 spiro atoms. The van der Waals surface area contributed by atoms with Crippen molar-refractivity contribution in [3.63, 3.8) is 0 Å². The van der Waals surface area contributed by atoms with Crippen LogP contribution in [-0.2, 0) is 10.0 Å². The molecule has 4 nitrogen and oxygen atoms in total. The molecular weight excluding hydrogens is 359 g/mol. The van der Waals surface area contributed by atoms with Crippen molar-refractivity contribution < 1.29 is 12.8 Å². The van der Waals surface area contributed by atoms with Crippen molar-refractivity contribution in [3.05, 3.63) is 59.4 Å². The number of piperidine rings is 1. The van der Waals surface area contributed by atoms with Gasteiger partial charge in [-0.3, -0.25) is 0 Å². The standard InChI is InChI=1S/C18H17FN2O2S2/c19-14-6-3-7-15(11-14)25(22,23)21-10-4-5-13(12-21)18-20-16-8-1-2-9-17(16)24-18/h1-3,6-9,11,13H,4-5,10,12H2/t13-/m0/s1. The van der Waals surface area contributed by atoms with Gasteiger partial charge in [0, 0.05) is 19.0 Å². The van der Waals surface area contributed by atoms with Crippen molar-refractivity contribution in [2.75, 3.05) is 13.1 Å². The van der Waals surface area contributed by atoms with Crippen LogP contribution in [0.2, 0.25) is 0 Å². The monoisotopic (exact) mass is 376 g/mol. The van der Waals surface area contributed by atoms with E-state index >= 15 is 0 Å². The fraction of sp³-hybridized carbons (Fsp3) is 0.278. The Hall–Kier alpha value is -1.83. The van der Waals surface area contributed by atoms with E-state index in [1.165, 1.54) is 22.5 Å². The third-order valence-corrected chi connectivity index (χ3v) is 7.54. The number of benzene rings is 2. The number of aromatic nitrogens is 1. The number of nitrogens with zero attached hydrogens (tertiary/aromatic N) is 2. The number of thiazole rings is 1. The van der Waals surface area contributed by atoms with Crippen LogP contribution >= 0.6 is 11.3 Å². The molecule has 1 aliphatic heterocycles. The first-order valence-corrected chi connectivity index (χ1v) is 10.4. The van der Waals surface area contributed by atoms with Crippen LogP contribution in [-0.4, -0.2) is 30.8 Å². The zero-order chi connectivity index (χ0) is 17.4. The summed E-state index contributed by atoms with van der Waals surface area (Å²) in [4.78, 5) is 4.69. The molecule has 1 atom stereocenters. The molecule has 0 aliphatic carbocycles. The topological polar surface area (TPSA) is 50.3 Å². The number of fused-ring (bicyclic) bond motifs is 1. The minimum atomic E-state index is -3.69. The van der Waals surface area contributed by atoms with Crippen molar-refractivity contribution >= 4 is 31.6 Å². The van der Waals surface area contributed by atoms with E-state index in [-0.39, 0.29) is 10.8 Å². The Bertz CT molecular complexity index is 984. The van der Waals surface area contributed by atoms with Gasteiger partial charge in [0.2, 0.25) is 10.0 Å². The van der Waals surface area contributed by atoms with Gasteiger partial charge in [-0.1, -0.05) is 18.2 Å². The van der Waals surface area contributed by atoms with Crippen LogP contribution in [0.1, 0.15) is 23.8 Å². The lowest BCUT2D eigenvalue weighted by atomic mass is 10.0. The Balaban J connectivity index is 1.62. The van der Waals surface area contributed by atoms with Gasteiger partial charge in [-0.05, 0) is 43.2 Å². The van der Waals surface area contributed by atoms with E-state index in [0.717, 1.165) is 34.1 Å². The van der Waals surface area contributed by atoms with E-state index in [4.69, 9.17) is 0 Å². The highest BCUT2D eigenvalue weighted by Crippen LogP contribution is 2.34. The molecule has 0 saturated carbocycles. The van der Waals surface area contributed by atoms with E-state index in [9.17, 15) is 12.8 Å². The van der Waals surface area contributed by atoms with Gasteiger partial charge < -0.3 is 0 Å². The molecule has 4 rings (SSSR count). The van der Waals surface area contributed by atoms with Gasteiger partial charge in [-0.15, -0.1) is 11.3 Å². The van der Waals surface area contributed by atoms with E-state index in [2.05, 4.69) is 4.98 Å². The second kappa shape index (κ2) is 6.48. The van der Waals surface area contributed by atoms with Crippen LogP contribution in [0.5, 0.6) is 0 Å². The first kappa shape index (κ1) is 16.6. The summed E-state index contributed by atoms with van der Waals surface area (Å²) in [6, 6.07) is 13.1. The molecule has 25 heavy (non-hydrogen) atoms. The summed E-state index contributed by atoms with van der Waals surface area (Å²) in [5.74, 6) is -0.463. The molecule has 0 radical (unpaired) electrons. The summed E-state index contributed by atoms with van der Waals surface area (Å²) < 4.78 is 41.7. The number of hydrogen-bond donors (Lipinski definition) is 0. The maximum atomic E-state index is 13.4. The van der Waals surface area contributed by atoms with Gasteiger partial charge in [0.15, 0.2) is 0 Å².